The molecule has 1 saturated heterocycles. The van der Waals surface area contributed by atoms with E-state index in [0.717, 1.165) is 18.6 Å². The van der Waals surface area contributed by atoms with Crippen molar-refractivity contribution in [2.75, 3.05) is 18.6 Å². The molecule has 2 aliphatic rings. The van der Waals surface area contributed by atoms with Gasteiger partial charge in [-0.25, -0.2) is 0 Å². The number of fused-ring (bicyclic) bond motifs is 3. The molecule has 0 amide bonds. The number of aryl methyl sites for hydroxylation is 1. The van der Waals surface area contributed by atoms with Crippen LogP contribution < -0.4 is 9.64 Å². The van der Waals surface area contributed by atoms with Gasteiger partial charge in [0.25, 0.3) is 0 Å². The second-order valence-electron chi connectivity index (χ2n) is 5.31. The lowest BCUT2D eigenvalue weighted by Crippen LogP contribution is -2.40. The normalized spacial score (nSPS) is 25.8. The van der Waals surface area contributed by atoms with Crippen molar-refractivity contribution in [3.8, 4) is 5.75 Å². The number of aliphatic hydroxyl groups excluding tert-OH is 1. The lowest BCUT2D eigenvalue weighted by Gasteiger charge is -2.38. The summed E-state index contributed by atoms with van der Waals surface area (Å²) in [6, 6.07) is 7.47. The molecule has 98 valence electrons. The lowest BCUT2D eigenvalue weighted by molar-refractivity contribution is 0.274. The summed E-state index contributed by atoms with van der Waals surface area (Å²) >= 11 is 0. The average Bonchev–Trinajstić information content (AvgIpc) is 2.82. The maximum atomic E-state index is 9.23. The standard InChI is InChI=1S/C15H21NO2/c1-18-14-4-2-3-11-5-6-12-7-8-13(9-10-17)16(12)15(11)14/h2-4,12-13,17H,5-10H2,1H3/t12-,13+/m1/s1. The van der Waals surface area contributed by atoms with Gasteiger partial charge in [0.05, 0.1) is 12.8 Å². The molecule has 18 heavy (non-hydrogen) atoms. The summed E-state index contributed by atoms with van der Waals surface area (Å²) in [6.07, 6.45) is 5.71. The topological polar surface area (TPSA) is 32.7 Å². The fourth-order valence-corrected chi connectivity index (χ4v) is 3.59. The number of aliphatic hydroxyl groups is 1. The van der Waals surface area contributed by atoms with E-state index in [1.807, 2.05) is 0 Å². The fraction of sp³-hybridized carbons (Fsp3) is 0.600. The zero-order chi connectivity index (χ0) is 12.5. The first-order valence-corrected chi connectivity index (χ1v) is 6.90. The minimum atomic E-state index is 0.276. The van der Waals surface area contributed by atoms with Gasteiger partial charge in [-0.15, -0.1) is 0 Å². The number of benzene rings is 1. The Morgan fingerprint density at radius 3 is 3.00 bits per heavy atom. The van der Waals surface area contributed by atoms with Gasteiger partial charge in [-0.05, 0) is 43.7 Å². The zero-order valence-electron chi connectivity index (χ0n) is 10.9. The van der Waals surface area contributed by atoms with Crippen molar-refractivity contribution >= 4 is 5.69 Å². The monoisotopic (exact) mass is 247 g/mol. The highest BCUT2D eigenvalue weighted by molar-refractivity contribution is 5.67. The molecule has 1 fully saturated rings. The van der Waals surface area contributed by atoms with Crippen LogP contribution in [0.3, 0.4) is 0 Å². The summed E-state index contributed by atoms with van der Waals surface area (Å²) in [5.74, 6) is 0.988. The van der Waals surface area contributed by atoms with Gasteiger partial charge in [0.1, 0.15) is 5.75 Å². The van der Waals surface area contributed by atoms with E-state index in [2.05, 4.69) is 23.1 Å². The number of methoxy groups -OCH3 is 1. The molecular weight excluding hydrogens is 226 g/mol. The number of hydrogen-bond donors (Lipinski definition) is 1. The minimum absolute atomic E-state index is 0.276. The van der Waals surface area contributed by atoms with Crippen molar-refractivity contribution in [2.45, 2.75) is 44.2 Å². The van der Waals surface area contributed by atoms with Gasteiger partial charge in [0.2, 0.25) is 0 Å². The molecule has 0 bridgehead atoms. The van der Waals surface area contributed by atoms with Gasteiger partial charge in [0.15, 0.2) is 0 Å². The third kappa shape index (κ3) is 1.77. The Balaban J connectivity index is 2.02. The van der Waals surface area contributed by atoms with E-state index < -0.39 is 0 Å². The van der Waals surface area contributed by atoms with Crippen LogP contribution in [0, 0.1) is 0 Å². The second-order valence-corrected chi connectivity index (χ2v) is 5.31. The highest BCUT2D eigenvalue weighted by atomic mass is 16.5. The number of rotatable bonds is 3. The van der Waals surface area contributed by atoms with E-state index in [0.29, 0.717) is 12.1 Å². The average molecular weight is 247 g/mol. The van der Waals surface area contributed by atoms with E-state index in [4.69, 9.17) is 4.74 Å². The van der Waals surface area contributed by atoms with E-state index in [9.17, 15) is 5.11 Å². The molecule has 1 N–H and O–H groups in total. The van der Waals surface area contributed by atoms with Crippen LogP contribution in [0.25, 0.3) is 0 Å². The lowest BCUT2D eigenvalue weighted by atomic mass is 9.95. The molecule has 0 unspecified atom stereocenters. The van der Waals surface area contributed by atoms with Gasteiger partial charge in [-0.2, -0.15) is 0 Å². The van der Waals surface area contributed by atoms with Crippen molar-refractivity contribution in [2.24, 2.45) is 0 Å². The third-order valence-electron chi connectivity index (χ3n) is 4.39. The molecule has 0 aromatic heterocycles. The van der Waals surface area contributed by atoms with Gasteiger partial charge >= 0.3 is 0 Å². The molecule has 2 atom stereocenters. The van der Waals surface area contributed by atoms with Crippen LogP contribution in [0.2, 0.25) is 0 Å². The first kappa shape index (κ1) is 11.8. The molecule has 1 aromatic carbocycles. The van der Waals surface area contributed by atoms with Gasteiger partial charge in [0, 0.05) is 18.7 Å². The largest absolute Gasteiger partial charge is 0.495 e. The number of hydrogen-bond acceptors (Lipinski definition) is 3. The number of ether oxygens (including phenoxy) is 1. The Morgan fingerprint density at radius 1 is 1.33 bits per heavy atom. The molecule has 3 rings (SSSR count). The number of anilines is 1. The van der Waals surface area contributed by atoms with E-state index >= 15 is 0 Å². The molecule has 0 radical (unpaired) electrons. The Hall–Kier alpha value is -1.22. The smallest absolute Gasteiger partial charge is 0.142 e. The van der Waals surface area contributed by atoms with Crippen molar-refractivity contribution in [3.05, 3.63) is 23.8 Å². The minimum Gasteiger partial charge on any atom is -0.495 e. The van der Waals surface area contributed by atoms with E-state index in [-0.39, 0.29) is 6.61 Å². The molecule has 2 heterocycles. The zero-order valence-corrected chi connectivity index (χ0v) is 10.9. The molecule has 3 nitrogen and oxygen atoms in total. The van der Waals surface area contributed by atoms with Crippen LogP contribution in [-0.4, -0.2) is 30.9 Å². The molecular formula is C15H21NO2. The van der Waals surface area contributed by atoms with Crippen LogP contribution >= 0.6 is 0 Å². The Bertz CT molecular complexity index is 418. The summed E-state index contributed by atoms with van der Waals surface area (Å²) in [6.45, 7) is 0.276. The Labute approximate surface area is 108 Å². The molecule has 0 aliphatic carbocycles. The van der Waals surface area contributed by atoms with Crippen molar-refractivity contribution < 1.29 is 9.84 Å². The summed E-state index contributed by atoms with van der Waals surface area (Å²) in [5.41, 5.74) is 2.68. The van der Waals surface area contributed by atoms with Gasteiger partial charge in [-0.1, -0.05) is 12.1 Å². The van der Waals surface area contributed by atoms with E-state index in [1.54, 1.807) is 7.11 Å². The Morgan fingerprint density at radius 2 is 2.22 bits per heavy atom. The van der Waals surface area contributed by atoms with Crippen molar-refractivity contribution in [1.29, 1.82) is 0 Å². The van der Waals surface area contributed by atoms with E-state index in [1.165, 1.54) is 30.5 Å². The predicted molar refractivity (Wildman–Crippen MR) is 72.3 cm³/mol. The first-order chi connectivity index (χ1) is 8.85. The first-order valence-electron chi connectivity index (χ1n) is 6.90. The third-order valence-corrected chi connectivity index (χ3v) is 4.39. The molecule has 0 saturated carbocycles. The number of para-hydroxylation sites is 1. The summed E-state index contributed by atoms with van der Waals surface area (Å²) in [7, 11) is 1.75. The Kier molecular flexibility index (Phi) is 3.16. The molecule has 0 spiro atoms. The highest BCUT2D eigenvalue weighted by Gasteiger charge is 2.38. The van der Waals surface area contributed by atoms with Crippen LogP contribution in [0.1, 0.15) is 31.2 Å². The fourth-order valence-electron chi connectivity index (χ4n) is 3.59. The summed E-state index contributed by atoms with van der Waals surface area (Å²) in [5, 5.41) is 9.23. The molecule has 1 aromatic rings. The van der Waals surface area contributed by atoms with Gasteiger partial charge < -0.3 is 14.7 Å². The quantitative estimate of drug-likeness (QED) is 0.890. The second kappa shape index (κ2) is 4.81. The molecule has 3 heteroatoms. The van der Waals surface area contributed by atoms with Crippen LogP contribution in [-0.2, 0) is 6.42 Å². The maximum Gasteiger partial charge on any atom is 0.142 e. The SMILES string of the molecule is COc1cccc2c1N1[C@H](CCO)CC[C@H]1CC2. The van der Waals surface area contributed by atoms with Crippen LogP contribution in [0.5, 0.6) is 5.75 Å². The number of nitrogens with zero attached hydrogens (tertiary/aromatic N) is 1. The van der Waals surface area contributed by atoms with Gasteiger partial charge in [-0.3, -0.25) is 0 Å². The van der Waals surface area contributed by atoms with Crippen molar-refractivity contribution in [3.63, 3.8) is 0 Å². The van der Waals surface area contributed by atoms with Crippen LogP contribution in [0.4, 0.5) is 5.69 Å². The summed E-state index contributed by atoms with van der Waals surface area (Å²) < 4.78 is 5.54. The van der Waals surface area contributed by atoms with Crippen LogP contribution in [0.15, 0.2) is 18.2 Å². The maximum absolute atomic E-state index is 9.23. The van der Waals surface area contributed by atoms with Crippen molar-refractivity contribution in [1.82, 2.24) is 0 Å². The highest BCUT2D eigenvalue weighted by Crippen LogP contribution is 2.45. The predicted octanol–water partition coefficient (Wildman–Crippen LogP) is 2.36. The summed E-state index contributed by atoms with van der Waals surface area (Å²) in [4.78, 5) is 2.52. The molecule has 2 aliphatic heterocycles.